The standard InChI is InChI=1S/C19H19F2NO3/c20-14-9-4-8-13(17(14)21)16(12-6-2-1-3-7-12)18(23)15-10-5-11-22(15)19(24)25/h1-4,6-9,15-16,18,23H,5,10-11H2,(H,24,25)/t15-,16-,18+/m1/s1. The molecule has 3 atom stereocenters. The summed E-state index contributed by atoms with van der Waals surface area (Å²) >= 11 is 0. The number of rotatable bonds is 4. The highest BCUT2D eigenvalue weighted by Gasteiger charge is 2.39. The third-order valence-corrected chi connectivity index (χ3v) is 4.76. The average Bonchev–Trinajstić information content (AvgIpc) is 3.10. The van der Waals surface area contributed by atoms with Crippen LogP contribution in [0.25, 0.3) is 0 Å². The molecule has 1 aliphatic heterocycles. The number of aliphatic hydroxyl groups excluding tert-OH is 1. The van der Waals surface area contributed by atoms with E-state index in [1.165, 1.54) is 17.0 Å². The Morgan fingerprint density at radius 2 is 1.84 bits per heavy atom. The predicted octanol–water partition coefficient (Wildman–Crippen LogP) is 3.60. The van der Waals surface area contributed by atoms with Gasteiger partial charge >= 0.3 is 6.09 Å². The van der Waals surface area contributed by atoms with E-state index in [4.69, 9.17) is 0 Å². The molecular weight excluding hydrogens is 328 g/mol. The third kappa shape index (κ3) is 3.35. The molecular formula is C19H19F2NO3. The second kappa shape index (κ2) is 7.19. The highest BCUT2D eigenvalue weighted by Crippen LogP contribution is 2.36. The van der Waals surface area contributed by atoms with E-state index in [1.54, 1.807) is 30.3 Å². The summed E-state index contributed by atoms with van der Waals surface area (Å²) in [6.45, 7) is 0.324. The maximum atomic E-state index is 14.4. The highest BCUT2D eigenvalue weighted by atomic mass is 19.2. The van der Waals surface area contributed by atoms with Crippen molar-refractivity contribution in [3.05, 3.63) is 71.3 Å². The summed E-state index contributed by atoms with van der Waals surface area (Å²) in [5.74, 6) is -2.87. The van der Waals surface area contributed by atoms with Crippen LogP contribution < -0.4 is 0 Å². The van der Waals surface area contributed by atoms with E-state index in [9.17, 15) is 23.8 Å². The van der Waals surface area contributed by atoms with Gasteiger partial charge in [0.05, 0.1) is 12.1 Å². The van der Waals surface area contributed by atoms with Crippen molar-refractivity contribution in [3.8, 4) is 0 Å². The lowest BCUT2D eigenvalue weighted by Crippen LogP contribution is -2.45. The fourth-order valence-corrected chi connectivity index (χ4v) is 3.59. The van der Waals surface area contributed by atoms with Gasteiger partial charge in [0.15, 0.2) is 11.6 Å². The molecule has 25 heavy (non-hydrogen) atoms. The minimum absolute atomic E-state index is 0.0240. The lowest BCUT2D eigenvalue weighted by molar-refractivity contribution is 0.0576. The number of carbonyl (C=O) groups is 1. The normalized spacial score (nSPS) is 19.6. The van der Waals surface area contributed by atoms with Gasteiger partial charge < -0.3 is 15.1 Å². The quantitative estimate of drug-likeness (QED) is 0.888. The van der Waals surface area contributed by atoms with Gasteiger partial charge in [-0.15, -0.1) is 0 Å². The molecule has 1 heterocycles. The molecule has 3 rings (SSSR count). The molecule has 6 heteroatoms. The van der Waals surface area contributed by atoms with Crippen LogP contribution in [0.5, 0.6) is 0 Å². The summed E-state index contributed by atoms with van der Waals surface area (Å²) in [7, 11) is 0. The Hall–Kier alpha value is -2.47. The molecule has 1 fully saturated rings. The van der Waals surface area contributed by atoms with Crippen LogP contribution in [0.3, 0.4) is 0 Å². The Morgan fingerprint density at radius 3 is 2.52 bits per heavy atom. The van der Waals surface area contributed by atoms with Gasteiger partial charge in [0, 0.05) is 18.0 Å². The number of benzene rings is 2. The summed E-state index contributed by atoms with van der Waals surface area (Å²) in [5, 5.41) is 20.3. The second-order valence-corrected chi connectivity index (χ2v) is 6.21. The monoisotopic (exact) mass is 347 g/mol. The fraction of sp³-hybridized carbons (Fsp3) is 0.316. The summed E-state index contributed by atoms with van der Waals surface area (Å²) < 4.78 is 28.2. The Balaban J connectivity index is 2.05. The number of halogens is 2. The summed E-state index contributed by atoms with van der Waals surface area (Å²) in [5.41, 5.74) is 0.632. The van der Waals surface area contributed by atoms with Crippen molar-refractivity contribution in [1.82, 2.24) is 4.90 Å². The Labute approximate surface area is 144 Å². The molecule has 2 aromatic carbocycles. The van der Waals surface area contributed by atoms with Gasteiger partial charge in [-0.1, -0.05) is 42.5 Å². The molecule has 1 amide bonds. The first-order valence-electron chi connectivity index (χ1n) is 8.17. The zero-order valence-corrected chi connectivity index (χ0v) is 13.5. The van der Waals surface area contributed by atoms with Gasteiger partial charge in [-0.25, -0.2) is 13.6 Å². The molecule has 0 saturated carbocycles. The molecule has 0 aromatic heterocycles. The van der Waals surface area contributed by atoms with Crippen molar-refractivity contribution in [2.75, 3.05) is 6.54 Å². The van der Waals surface area contributed by atoms with Crippen LogP contribution in [0, 0.1) is 11.6 Å². The smallest absolute Gasteiger partial charge is 0.407 e. The van der Waals surface area contributed by atoms with Crippen molar-refractivity contribution < 1.29 is 23.8 Å². The number of amides is 1. The zero-order valence-electron chi connectivity index (χ0n) is 13.5. The molecule has 4 nitrogen and oxygen atoms in total. The maximum absolute atomic E-state index is 14.4. The van der Waals surface area contributed by atoms with E-state index in [0.717, 1.165) is 6.07 Å². The van der Waals surface area contributed by atoms with Gasteiger partial charge in [-0.05, 0) is 24.5 Å². The van der Waals surface area contributed by atoms with E-state index in [-0.39, 0.29) is 5.56 Å². The van der Waals surface area contributed by atoms with Crippen molar-refractivity contribution >= 4 is 6.09 Å². The van der Waals surface area contributed by atoms with Crippen LogP contribution >= 0.6 is 0 Å². The molecule has 0 bridgehead atoms. The Morgan fingerprint density at radius 1 is 1.12 bits per heavy atom. The lowest BCUT2D eigenvalue weighted by Gasteiger charge is -2.32. The minimum Gasteiger partial charge on any atom is -0.465 e. The van der Waals surface area contributed by atoms with Gasteiger partial charge in [-0.2, -0.15) is 0 Å². The fourth-order valence-electron chi connectivity index (χ4n) is 3.59. The van der Waals surface area contributed by atoms with Crippen molar-refractivity contribution in [1.29, 1.82) is 0 Å². The van der Waals surface area contributed by atoms with Crippen LogP contribution in [0.15, 0.2) is 48.5 Å². The topological polar surface area (TPSA) is 60.8 Å². The van der Waals surface area contributed by atoms with Gasteiger partial charge in [0.2, 0.25) is 0 Å². The third-order valence-electron chi connectivity index (χ3n) is 4.76. The summed E-state index contributed by atoms with van der Waals surface area (Å²) in [4.78, 5) is 12.6. The SMILES string of the molecule is O=C(O)N1CCC[C@@H]1[C@H](O)[C@H](c1ccccc1)c1cccc(F)c1F. The largest absolute Gasteiger partial charge is 0.465 e. The molecule has 2 N–H and O–H groups in total. The molecule has 0 spiro atoms. The zero-order chi connectivity index (χ0) is 18.0. The predicted molar refractivity (Wildman–Crippen MR) is 88.4 cm³/mol. The van der Waals surface area contributed by atoms with E-state index >= 15 is 0 Å². The van der Waals surface area contributed by atoms with Gasteiger partial charge in [0.25, 0.3) is 0 Å². The number of likely N-dealkylation sites (tertiary alicyclic amines) is 1. The second-order valence-electron chi connectivity index (χ2n) is 6.21. The van der Waals surface area contributed by atoms with E-state index in [2.05, 4.69) is 0 Å². The van der Waals surface area contributed by atoms with E-state index in [0.29, 0.717) is 24.9 Å². The number of carboxylic acid groups (broad SMARTS) is 1. The molecule has 132 valence electrons. The summed E-state index contributed by atoms with van der Waals surface area (Å²) in [6, 6.07) is 11.9. The first-order valence-corrected chi connectivity index (χ1v) is 8.17. The minimum atomic E-state index is -1.18. The Bertz CT molecular complexity index is 754. The first-order chi connectivity index (χ1) is 12.0. The first kappa shape index (κ1) is 17.4. The number of hydrogen-bond donors (Lipinski definition) is 2. The Kier molecular flexibility index (Phi) is 4.99. The molecule has 0 aliphatic carbocycles. The van der Waals surface area contributed by atoms with Crippen molar-refractivity contribution in [3.63, 3.8) is 0 Å². The highest BCUT2D eigenvalue weighted by molar-refractivity contribution is 5.66. The van der Waals surface area contributed by atoms with Crippen LogP contribution in [0.4, 0.5) is 13.6 Å². The number of aliphatic hydroxyl groups is 1. The van der Waals surface area contributed by atoms with Gasteiger partial charge in [0.1, 0.15) is 0 Å². The van der Waals surface area contributed by atoms with Gasteiger partial charge in [-0.3, -0.25) is 0 Å². The van der Waals surface area contributed by atoms with Crippen molar-refractivity contribution in [2.45, 2.75) is 30.9 Å². The van der Waals surface area contributed by atoms with E-state index < -0.39 is 35.8 Å². The number of hydrogen-bond acceptors (Lipinski definition) is 2. The van der Waals surface area contributed by atoms with Crippen molar-refractivity contribution in [2.24, 2.45) is 0 Å². The van der Waals surface area contributed by atoms with Crippen LogP contribution in [0.1, 0.15) is 29.9 Å². The molecule has 1 saturated heterocycles. The van der Waals surface area contributed by atoms with E-state index in [1.807, 2.05) is 0 Å². The number of nitrogens with zero attached hydrogens (tertiary/aromatic N) is 1. The average molecular weight is 347 g/mol. The molecule has 0 unspecified atom stereocenters. The molecule has 2 aromatic rings. The molecule has 0 radical (unpaired) electrons. The summed E-state index contributed by atoms with van der Waals surface area (Å²) in [6.07, 6.45) is -1.19. The molecule has 1 aliphatic rings. The lowest BCUT2D eigenvalue weighted by atomic mass is 9.82. The maximum Gasteiger partial charge on any atom is 0.407 e. The van der Waals surface area contributed by atoms with Crippen LogP contribution in [-0.2, 0) is 0 Å². The van der Waals surface area contributed by atoms with Crippen LogP contribution in [0.2, 0.25) is 0 Å². The van der Waals surface area contributed by atoms with Crippen LogP contribution in [-0.4, -0.2) is 39.9 Å².